The lowest BCUT2D eigenvalue weighted by atomic mass is 10.2. The van der Waals surface area contributed by atoms with Gasteiger partial charge >= 0.3 is 0 Å². The molecule has 0 amide bonds. The van der Waals surface area contributed by atoms with Gasteiger partial charge in [-0.1, -0.05) is 44.2 Å². The lowest BCUT2D eigenvalue weighted by molar-refractivity contribution is 0.306. The molecular formula is C21H20N2OS. The lowest BCUT2D eigenvalue weighted by Crippen LogP contribution is -1.94. The van der Waals surface area contributed by atoms with Gasteiger partial charge in [0, 0.05) is 11.8 Å². The van der Waals surface area contributed by atoms with Crippen molar-refractivity contribution in [3.05, 3.63) is 78.6 Å². The number of pyridine rings is 1. The van der Waals surface area contributed by atoms with E-state index in [0.717, 1.165) is 32.1 Å². The minimum Gasteiger partial charge on any atom is -0.489 e. The molecule has 4 aromatic rings. The molecule has 0 N–H and O–H groups in total. The first kappa shape index (κ1) is 17.1. The summed E-state index contributed by atoms with van der Waals surface area (Å²) in [6.07, 6.45) is 3.59. The second kappa shape index (κ2) is 8.40. The zero-order valence-corrected chi connectivity index (χ0v) is 15.2. The van der Waals surface area contributed by atoms with Crippen molar-refractivity contribution in [1.82, 2.24) is 9.97 Å². The SMILES string of the molecule is CC.c1ccc(COc2ccc(-c3nc4cnccc4s3)cc2)cc1. The fourth-order valence-corrected chi connectivity index (χ4v) is 3.28. The van der Waals surface area contributed by atoms with E-state index in [9.17, 15) is 0 Å². The predicted octanol–water partition coefficient (Wildman–Crippen LogP) is 5.96. The smallest absolute Gasteiger partial charge is 0.124 e. The quantitative estimate of drug-likeness (QED) is 0.456. The number of fused-ring (bicyclic) bond motifs is 1. The molecule has 126 valence electrons. The van der Waals surface area contributed by atoms with E-state index in [1.165, 1.54) is 0 Å². The van der Waals surface area contributed by atoms with Crippen LogP contribution in [0, 0.1) is 0 Å². The lowest BCUT2D eigenvalue weighted by Gasteiger charge is -2.06. The Bertz CT molecular complexity index is 884. The Balaban J connectivity index is 0.000000880. The highest BCUT2D eigenvalue weighted by Gasteiger charge is 2.06. The van der Waals surface area contributed by atoms with Crippen LogP contribution in [0.15, 0.2) is 73.1 Å². The van der Waals surface area contributed by atoms with Crippen molar-refractivity contribution >= 4 is 21.6 Å². The maximum Gasteiger partial charge on any atom is 0.124 e. The highest BCUT2D eigenvalue weighted by molar-refractivity contribution is 7.21. The third-order valence-corrected chi connectivity index (χ3v) is 4.62. The highest BCUT2D eigenvalue weighted by Crippen LogP contribution is 2.30. The number of rotatable bonds is 4. The Hall–Kier alpha value is -2.72. The maximum absolute atomic E-state index is 5.81. The molecular weight excluding hydrogens is 328 g/mol. The summed E-state index contributed by atoms with van der Waals surface area (Å²) < 4.78 is 6.97. The van der Waals surface area contributed by atoms with Gasteiger partial charge in [0.15, 0.2) is 0 Å². The minimum absolute atomic E-state index is 0.576. The van der Waals surface area contributed by atoms with Gasteiger partial charge in [0.2, 0.25) is 0 Å². The van der Waals surface area contributed by atoms with E-state index in [0.29, 0.717) is 6.61 Å². The number of hydrogen-bond donors (Lipinski definition) is 0. The molecule has 0 aliphatic rings. The third kappa shape index (κ3) is 4.22. The summed E-state index contributed by atoms with van der Waals surface area (Å²) >= 11 is 1.67. The molecule has 0 unspecified atom stereocenters. The predicted molar refractivity (Wildman–Crippen MR) is 105 cm³/mol. The van der Waals surface area contributed by atoms with E-state index in [4.69, 9.17) is 4.74 Å². The van der Waals surface area contributed by atoms with Gasteiger partial charge in [-0.05, 0) is 35.9 Å². The van der Waals surface area contributed by atoms with Gasteiger partial charge in [0.1, 0.15) is 22.9 Å². The second-order valence-electron chi connectivity index (χ2n) is 5.16. The number of benzene rings is 2. The van der Waals surface area contributed by atoms with Gasteiger partial charge in [-0.25, -0.2) is 4.98 Å². The number of thiazole rings is 1. The first-order valence-corrected chi connectivity index (χ1v) is 9.18. The monoisotopic (exact) mass is 348 g/mol. The summed E-state index contributed by atoms with van der Waals surface area (Å²) in [6, 6.07) is 20.2. The Labute approximate surface area is 152 Å². The molecule has 0 spiro atoms. The van der Waals surface area contributed by atoms with E-state index in [1.807, 2.05) is 62.4 Å². The molecule has 4 rings (SSSR count). The fraction of sp³-hybridized carbons (Fsp3) is 0.143. The molecule has 3 nitrogen and oxygen atoms in total. The first-order chi connectivity index (χ1) is 12.4. The fourth-order valence-electron chi connectivity index (χ4n) is 2.34. The molecule has 2 heterocycles. The molecule has 0 radical (unpaired) electrons. The Morgan fingerprint density at radius 1 is 0.920 bits per heavy atom. The molecule has 0 saturated heterocycles. The van der Waals surface area contributed by atoms with E-state index in [-0.39, 0.29) is 0 Å². The van der Waals surface area contributed by atoms with Crippen LogP contribution in [-0.2, 0) is 6.61 Å². The van der Waals surface area contributed by atoms with Crippen molar-refractivity contribution in [1.29, 1.82) is 0 Å². The number of hydrogen-bond acceptors (Lipinski definition) is 4. The number of ether oxygens (including phenoxy) is 1. The summed E-state index contributed by atoms with van der Waals surface area (Å²) in [5.41, 5.74) is 3.20. The highest BCUT2D eigenvalue weighted by atomic mass is 32.1. The number of nitrogens with zero attached hydrogens (tertiary/aromatic N) is 2. The normalized spacial score (nSPS) is 10.2. The summed E-state index contributed by atoms with van der Waals surface area (Å²) in [4.78, 5) is 8.73. The van der Waals surface area contributed by atoms with Gasteiger partial charge in [-0.2, -0.15) is 0 Å². The van der Waals surface area contributed by atoms with Crippen molar-refractivity contribution < 1.29 is 4.74 Å². The standard InChI is InChI=1S/C19H14N2OS.C2H6/c1-2-4-14(5-3-1)13-22-16-8-6-15(7-9-16)19-21-17-12-20-11-10-18(17)23-19;1-2/h1-12H,13H2;1-2H3. The van der Waals surface area contributed by atoms with Gasteiger partial charge < -0.3 is 4.74 Å². The summed E-state index contributed by atoms with van der Waals surface area (Å²) in [5.74, 6) is 0.861. The maximum atomic E-state index is 5.81. The van der Waals surface area contributed by atoms with Crippen molar-refractivity contribution in [2.75, 3.05) is 0 Å². The third-order valence-electron chi connectivity index (χ3n) is 3.54. The van der Waals surface area contributed by atoms with Gasteiger partial charge in [0.25, 0.3) is 0 Å². The Kier molecular flexibility index (Phi) is 5.75. The second-order valence-corrected chi connectivity index (χ2v) is 6.19. The van der Waals surface area contributed by atoms with Crippen molar-refractivity contribution in [2.45, 2.75) is 20.5 Å². The largest absolute Gasteiger partial charge is 0.489 e. The van der Waals surface area contributed by atoms with E-state index in [2.05, 4.69) is 22.1 Å². The van der Waals surface area contributed by atoms with E-state index >= 15 is 0 Å². The Morgan fingerprint density at radius 3 is 2.40 bits per heavy atom. The van der Waals surface area contributed by atoms with Crippen LogP contribution >= 0.6 is 11.3 Å². The average Bonchev–Trinajstić information content (AvgIpc) is 3.13. The topological polar surface area (TPSA) is 35.0 Å². The molecule has 0 aliphatic carbocycles. The van der Waals surface area contributed by atoms with Crippen LogP contribution in [0.3, 0.4) is 0 Å². The van der Waals surface area contributed by atoms with Crippen molar-refractivity contribution in [3.8, 4) is 16.3 Å². The van der Waals surface area contributed by atoms with Crippen LogP contribution in [0.4, 0.5) is 0 Å². The number of aromatic nitrogens is 2. The van der Waals surface area contributed by atoms with Crippen LogP contribution in [0.2, 0.25) is 0 Å². The zero-order chi connectivity index (χ0) is 17.5. The zero-order valence-electron chi connectivity index (χ0n) is 14.3. The Morgan fingerprint density at radius 2 is 1.68 bits per heavy atom. The van der Waals surface area contributed by atoms with E-state index in [1.54, 1.807) is 23.7 Å². The molecule has 0 bridgehead atoms. The van der Waals surface area contributed by atoms with Crippen LogP contribution in [0.5, 0.6) is 5.75 Å². The van der Waals surface area contributed by atoms with Gasteiger partial charge in [-0.3, -0.25) is 4.98 Å². The summed E-state index contributed by atoms with van der Waals surface area (Å²) in [7, 11) is 0. The average molecular weight is 348 g/mol. The molecule has 0 fully saturated rings. The van der Waals surface area contributed by atoms with Crippen LogP contribution in [0.1, 0.15) is 19.4 Å². The van der Waals surface area contributed by atoms with Crippen molar-refractivity contribution in [3.63, 3.8) is 0 Å². The molecule has 4 heteroatoms. The van der Waals surface area contributed by atoms with Gasteiger partial charge in [-0.15, -0.1) is 11.3 Å². The van der Waals surface area contributed by atoms with E-state index < -0.39 is 0 Å². The van der Waals surface area contributed by atoms with Crippen LogP contribution in [0.25, 0.3) is 20.8 Å². The molecule has 0 atom stereocenters. The van der Waals surface area contributed by atoms with Crippen molar-refractivity contribution in [2.24, 2.45) is 0 Å². The molecule has 2 aromatic heterocycles. The molecule has 0 saturated carbocycles. The minimum atomic E-state index is 0.576. The summed E-state index contributed by atoms with van der Waals surface area (Å²) in [6.45, 7) is 4.58. The van der Waals surface area contributed by atoms with Crippen LogP contribution in [-0.4, -0.2) is 9.97 Å². The van der Waals surface area contributed by atoms with Crippen LogP contribution < -0.4 is 4.74 Å². The van der Waals surface area contributed by atoms with Gasteiger partial charge in [0.05, 0.1) is 10.9 Å². The summed E-state index contributed by atoms with van der Waals surface area (Å²) in [5, 5.41) is 1.00. The molecule has 2 aromatic carbocycles. The molecule has 0 aliphatic heterocycles. The first-order valence-electron chi connectivity index (χ1n) is 8.36. The molecule has 25 heavy (non-hydrogen) atoms.